The van der Waals surface area contributed by atoms with E-state index in [1.165, 1.54) is 17.3 Å². The van der Waals surface area contributed by atoms with Crippen LogP contribution in [0, 0.1) is 25.2 Å². The lowest BCUT2D eigenvalue weighted by molar-refractivity contribution is -0.116. The normalized spacial score (nSPS) is 15.5. The van der Waals surface area contributed by atoms with Gasteiger partial charge >= 0.3 is 0 Å². The molecule has 2 aromatic carbocycles. The number of rotatable bonds is 3. The molecule has 0 saturated carbocycles. The summed E-state index contributed by atoms with van der Waals surface area (Å²) in [4.78, 5) is 19.6. The van der Waals surface area contributed by atoms with Crippen LogP contribution in [0.25, 0.3) is 10.9 Å². The number of nitriles is 1. The van der Waals surface area contributed by atoms with Gasteiger partial charge in [0.15, 0.2) is 0 Å². The maximum Gasteiger partial charge on any atom is 0.237 e. The number of hydrogen-bond donors (Lipinski definition) is 0. The first-order valence-corrected chi connectivity index (χ1v) is 10.3. The smallest absolute Gasteiger partial charge is 0.237 e. The van der Waals surface area contributed by atoms with Crippen molar-refractivity contribution in [3.05, 3.63) is 64.7 Å². The minimum Gasteiger partial charge on any atom is -0.308 e. The maximum absolute atomic E-state index is 13.0. The molecule has 0 N–H and O–H groups in total. The van der Waals surface area contributed by atoms with E-state index in [2.05, 4.69) is 25.1 Å². The van der Waals surface area contributed by atoms with E-state index in [1.54, 1.807) is 0 Å². The number of pyridine rings is 1. The molecule has 0 fully saturated rings. The number of carbonyl (C=O) groups excluding carboxylic acids is 1. The van der Waals surface area contributed by atoms with Crippen LogP contribution in [0.2, 0.25) is 0 Å². The Kier molecular flexibility index (Phi) is 4.82. The average molecular weight is 388 g/mol. The van der Waals surface area contributed by atoms with E-state index < -0.39 is 0 Å². The predicted octanol–water partition coefficient (Wildman–Crippen LogP) is 4.79. The molecule has 3 aromatic rings. The van der Waals surface area contributed by atoms with Crippen molar-refractivity contribution >= 4 is 34.3 Å². The summed E-state index contributed by atoms with van der Waals surface area (Å²) in [5, 5.41) is 11.2. The van der Waals surface area contributed by atoms with Crippen molar-refractivity contribution in [2.24, 2.45) is 0 Å². The standard InChI is InChI=1S/C23H21N3OS/c1-14-8-15(2)22-18(9-14)11-19(12-24)23(25-22)28-13-21(27)26-16(3)10-17-6-4-5-7-20(17)26/h4-9,11,16H,10,13H2,1-3H3/t16-/m0/s1. The minimum atomic E-state index is 0.0499. The van der Waals surface area contributed by atoms with Gasteiger partial charge < -0.3 is 4.90 Å². The van der Waals surface area contributed by atoms with Crippen molar-refractivity contribution in [3.8, 4) is 6.07 Å². The van der Waals surface area contributed by atoms with Crippen LogP contribution < -0.4 is 4.90 Å². The average Bonchev–Trinajstić information content (AvgIpc) is 3.01. The molecule has 2 heterocycles. The van der Waals surface area contributed by atoms with Crippen molar-refractivity contribution in [1.29, 1.82) is 5.26 Å². The number of aryl methyl sites for hydroxylation is 2. The van der Waals surface area contributed by atoms with E-state index in [-0.39, 0.29) is 17.7 Å². The number of amides is 1. The van der Waals surface area contributed by atoms with Crippen LogP contribution in [0.4, 0.5) is 5.69 Å². The number of anilines is 1. The van der Waals surface area contributed by atoms with Crippen LogP contribution in [-0.2, 0) is 11.2 Å². The lowest BCUT2D eigenvalue weighted by Gasteiger charge is -2.22. The number of carbonyl (C=O) groups is 1. The first-order chi connectivity index (χ1) is 13.5. The lowest BCUT2D eigenvalue weighted by Crippen LogP contribution is -2.37. The molecule has 0 spiro atoms. The Hall–Kier alpha value is -2.84. The predicted molar refractivity (Wildman–Crippen MR) is 114 cm³/mol. The molecule has 0 radical (unpaired) electrons. The van der Waals surface area contributed by atoms with E-state index in [4.69, 9.17) is 4.98 Å². The zero-order valence-corrected chi connectivity index (χ0v) is 17.0. The molecular weight excluding hydrogens is 366 g/mol. The molecule has 0 bridgehead atoms. The zero-order valence-electron chi connectivity index (χ0n) is 16.2. The molecule has 0 aliphatic carbocycles. The van der Waals surface area contributed by atoms with Gasteiger partial charge in [-0.15, -0.1) is 0 Å². The fourth-order valence-corrected chi connectivity index (χ4v) is 4.79. The Bertz CT molecular complexity index is 1130. The van der Waals surface area contributed by atoms with E-state index in [1.807, 2.05) is 49.1 Å². The summed E-state index contributed by atoms with van der Waals surface area (Å²) in [6, 6.07) is 16.4. The number of para-hydroxylation sites is 1. The number of nitrogens with zero attached hydrogens (tertiary/aromatic N) is 3. The zero-order chi connectivity index (χ0) is 19.8. The molecular formula is C23H21N3OS. The van der Waals surface area contributed by atoms with E-state index in [0.717, 1.165) is 34.1 Å². The second-order valence-corrected chi connectivity index (χ2v) is 8.30. The first kappa shape index (κ1) is 18.5. The van der Waals surface area contributed by atoms with Gasteiger partial charge in [0.05, 0.1) is 16.8 Å². The molecule has 4 nitrogen and oxygen atoms in total. The highest BCUT2D eigenvalue weighted by molar-refractivity contribution is 8.00. The molecule has 1 aliphatic rings. The number of fused-ring (bicyclic) bond motifs is 2. The lowest BCUT2D eigenvalue weighted by atomic mass is 10.1. The van der Waals surface area contributed by atoms with Crippen LogP contribution in [0.3, 0.4) is 0 Å². The number of hydrogen-bond acceptors (Lipinski definition) is 4. The quantitative estimate of drug-likeness (QED) is 0.606. The van der Waals surface area contributed by atoms with Crippen LogP contribution in [0.15, 0.2) is 47.5 Å². The largest absolute Gasteiger partial charge is 0.308 e. The molecule has 0 unspecified atom stereocenters. The van der Waals surface area contributed by atoms with Crippen LogP contribution in [-0.4, -0.2) is 22.7 Å². The Morgan fingerprint density at radius 1 is 1.29 bits per heavy atom. The third-order valence-corrected chi connectivity index (χ3v) is 6.12. The topological polar surface area (TPSA) is 57.0 Å². The third-order valence-electron chi connectivity index (χ3n) is 5.15. The molecule has 140 valence electrons. The highest BCUT2D eigenvalue weighted by atomic mass is 32.2. The van der Waals surface area contributed by atoms with Gasteiger partial charge in [0.25, 0.3) is 0 Å². The minimum absolute atomic E-state index is 0.0499. The Morgan fingerprint density at radius 2 is 2.07 bits per heavy atom. The van der Waals surface area contributed by atoms with Crippen LogP contribution in [0.1, 0.15) is 29.2 Å². The molecule has 28 heavy (non-hydrogen) atoms. The number of benzene rings is 2. The van der Waals surface area contributed by atoms with Gasteiger partial charge in [0.2, 0.25) is 5.91 Å². The van der Waals surface area contributed by atoms with Crippen molar-refractivity contribution < 1.29 is 4.79 Å². The van der Waals surface area contributed by atoms with Crippen molar-refractivity contribution in [3.63, 3.8) is 0 Å². The van der Waals surface area contributed by atoms with Crippen molar-refractivity contribution in [2.45, 2.75) is 38.3 Å². The SMILES string of the molecule is Cc1cc(C)c2nc(SCC(=O)N3c4ccccc4C[C@@H]3C)c(C#N)cc2c1. The van der Waals surface area contributed by atoms with E-state index >= 15 is 0 Å². The van der Waals surface area contributed by atoms with Gasteiger partial charge in [0.1, 0.15) is 11.1 Å². The van der Waals surface area contributed by atoms with Crippen molar-refractivity contribution in [2.75, 3.05) is 10.7 Å². The summed E-state index contributed by atoms with van der Waals surface area (Å²) in [6.45, 7) is 6.13. The van der Waals surface area contributed by atoms with E-state index in [9.17, 15) is 10.1 Å². The number of aromatic nitrogens is 1. The summed E-state index contributed by atoms with van der Waals surface area (Å²) in [5.74, 6) is 0.311. The van der Waals surface area contributed by atoms with E-state index in [0.29, 0.717) is 10.6 Å². The number of thioether (sulfide) groups is 1. The van der Waals surface area contributed by atoms with Gasteiger partial charge in [-0.2, -0.15) is 5.26 Å². The highest BCUT2D eigenvalue weighted by Gasteiger charge is 2.30. The molecule has 1 atom stereocenters. The highest BCUT2D eigenvalue weighted by Crippen LogP contribution is 2.33. The first-order valence-electron chi connectivity index (χ1n) is 9.33. The molecule has 1 aromatic heterocycles. The van der Waals surface area contributed by atoms with Crippen molar-refractivity contribution in [1.82, 2.24) is 4.98 Å². The Morgan fingerprint density at radius 3 is 2.86 bits per heavy atom. The second kappa shape index (κ2) is 7.29. The maximum atomic E-state index is 13.0. The van der Waals surface area contributed by atoms with Crippen LogP contribution in [0.5, 0.6) is 0 Å². The monoisotopic (exact) mass is 387 g/mol. The fourth-order valence-electron chi connectivity index (χ4n) is 3.97. The Balaban J connectivity index is 1.61. The molecule has 0 saturated heterocycles. The summed E-state index contributed by atoms with van der Waals surface area (Å²) in [5.41, 5.74) is 5.84. The second-order valence-electron chi connectivity index (χ2n) is 7.34. The van der Waals surface area contributed by atoms with Gasteiger partial charge in [-0.3, -0.25) is 4.79 Å². The molecule has 5 heteroatoms. The van der Waals surface area contributed by atoms with Gasteiger partial charge in [-0.05, 0) is 56.5 Å². The van der Waals surface area contributed by atoms with Gasteiger partial charge in [-0.25, -0.2) is 4.98 Å². The fraction of sp³-hybridized carbons (Fsp3) is 0.261. The van der Waals surface area contributed by atoms with Crippen LogP contribution >= 0.6 is 11.8 Å². The summed E-state index contributed by atoms with van der Waals surface area (Å²) in [7, 11) is 0. The molecule has 4 rings (SSSR count). The molecule has 1 amide bonds. The summed E-state index contributed by atoms with van der Waals surface area (Å²) >= 11 is 1.35. The van der Waals surface area contributed by atoms with Gasteiger partial charge in [0, 0.05) is 17.1 Å². The third kappa shape index (κ3) is 3.25. The molecule has 1 aliphatic heterocycles. The van der Waals surface area contributed by atoms with Gasteiger partial charge in [-0.1, -0.05) is 41.6 Å². The Labute approximate surface area is 169 Å². The summed E-state index contributed by atoms with van der Waals surface area (Å²) in [6.07, 6.45) is 0.878. The summed E-state index contributed by atoms with van der Waals surface area (Å²) < 4.78 is 0.